The first-order valence-electron chi connectivity index (χ1n) is 6.23. The van der Waals surface area contributed by atoms with Crippen LogP contribution in [0, 0.1) is 11.8 Å². The Balaban J connectivity index is 2.64. The first-order chi connectivity index (χ1) is 9.49. The third-order valence-corrected chi connectivity index (χ3v) is 2.86. The summed E-state index contributed by atoms with van der Waals surface area (Å²) in [7, 11) is 1.54. The van der Waals surface area contributed by atoms with Crippen LogP contribution in [-0.2, 0) is 11.3 Å². The summed E-state index contributed by atoms with van der Waals surface area (Å²) < 4.78 is 4.95. The number of nitrogens with two attached hydrogens (primary N) is 1. The van der Waals surface area contributed by atoms with Crippen LogP contribution < -0.4 is 15.8 Å². The number of amides is 1. The fourth-order valence-corrected chi connectivity index (χ4v) is 1.78. The highest BCUT2D eigenvalue weighted by atomic mass is 16.5. The summed E-state index contributed by atoms with van der Waals surface area (Å²) in [6, 6.07) is 3.52. The van der Waals surface area contributed by atoms with Crippen LogP contribution in [0.3, 0.4) is 0 Å². The topological polar surface area (TPSA) is 110 Å². The van der Waals surface area contributed by atoms with Gasteiger partial charge in [-0.2, -0.15) is 0 Å². The number of pyridine rings is 1. The minimum atomic E-state index is -0.661. The first kappa shape index (κ1) is 15.7. The van der Waals surface area contributed by atoms with Gasteiger partial charge in [0.15, 0.2) is 5.84 Å². The van der Waals surface area contributed by atoms with E-state index in [9.17, 15) is 4.79 Å². The predicted molar refractivity (Wildman–Crippen MR) is 74.4 cm³/mol. The van der Waals surface area contributed by atoms with Gasteiger partial charge < -0.3 is 21.0 Å². The SMILES string of the molecule is COc1ccc(CNC(=O)C(C(N)=NO)C(C)C)cn1. The summed E-state index contributed by atoms with van der Waals surface area (Å²) in [4.78, 5) is 16.1. The van der Waals surface area contributed by atoms with E-state index in [0.717, 1.165) is 5.56 Å². The molecule has 1 amide bonds. The van der Waals surface area contributed by atoms with Gasteiger partial charge in [-0.15, -0.1) is 0 Å². The maximum Gasteiger partial charge on any atom is 0.231 e. The van der Waals surface area contributed by atoms with Gasteiger partial charge in [-0.25, -0.2) is 4.98 Å². The lowest BCUT2D eigenvalue weighted by Crippen LogP contribution is -2.41. The van der Waals surface area contributed by atoms with Crippen LogP contribution in [0.4, 0.5) is 0 Å². The van der Waals surface area contributed by atoms with Crippen LogP contribution >= 0.6 is 0 Å². The van der Waals surface area contributed by atoms with E-state index < -0.39 is 5.92 Å². The monoisotopic (exact) mass is 280 g/mol. The summed E-state index contributed by atoms with van der Waals surface area (Å²) in [5.74, 6) is -0.598. The summed E-state index contributed by atoms with van der Waals surface area (Å²) in [6.07, 6.45) is 1.62. The third kappa shape index (κ3) is 4.11. The maximum atomic E-state index is 12.1. The van der Waals surface area contributed by atoms with Crippen molar-refractivity contribution in [2.24, 2.45) is 22.7 Å². The number of carbonyl (C=O) groups excluding carboxylic acids is 1. The number of nitrogens with one attached hydrogen (secondary N) is 1. The molecular weight excluding hydrogens is 260 g/mol. The van der Waals surface area contributed by atoms with Crippen molar-refractivity contribution < 1.29 is 14.7 Å². The molecule has 1 aromatic heterocycles. The quantitative estimate of drug-likeness (QED) is 0.308. The summed E-state index contributed by atoms with van der Waals surface area (Å²) in [5, 5.41) is 14.4. The highest BCUT2D eigenvalue weighted by molar-refractivity contribution is 6.02. The van der Waals surface area contributed by atoms with Gasteiger partial charge in [-0.1, -0.05) is 25.1 Å². The molecule has 1 unspecified atom stereocenters. The molecule has 0 aliphatic heterocycles. The average molecular weight is 280 g/mol. The third-order valence-electron chi connectivity index (χ3n) is 2.86. The lowest BCUT2D eigenvalue weighted by molar-refractivity contribution is -0.124. The number of hydrogen-bond acceptors (Lipinski definition) is 5. The predicted octanol–water partition coefficient (Wildman–Crippen LogP) is 0.725. The van der Waals surface area contributed by atoms with Crippen LogP contribution in [0.15, 0.2) is 23.5 Å². The molecular formula is C13H20N4O3. The van der Waals surface area contributed by atoms with Crippen LogP contribution in [0.1, 0.15) is 19.4 Å². The van der Waals surface area contributed by atoms with Gasteiger partial charge in [-0.05, 0) is 11.5 Å². The van der Waals surface area contributed by atoms with Crippen LogP contribution in [-0.4, -0.2) is 29.0 Å². The molecule has 0 fully saturated rings. The number of aromatic nitrogens is 1. The van der Waals surface area contributed by atoms with E-state index in [2.05, 4.69) is 15.5 Å². The van der Waals surface area contributed by atoms with Gasteiger partial charge >= 0.3 is 0 Å². The smallest absolute Gasteiger partial charge is 0.231 e. The number of amidine groups is 1. The van der Waals surface area contributed by atoms with Crippen LogP contribution in [0.5, 0.6) is 5.88 Å². The zero-order valence-corrected chi connectivity index (χ0v) is 11.8. The van der Waals surface area contributed by atoms with E-state index in [1.165, 1.54) is 7.11 Å². The van der Waals surface area contributed by atoms with Crippen molar-refractivity contribution in [3.63, 3.8) is 0 Å². The van der Waals surface area contributed by atoms with Crippen molar-refractivity contribution >= 4 is 11.7 Å². The van der Waals surface area contributed by atoms with Crippen molar-refractivity contribution in [3.05, 3.63) is 23.9 Å². The van der Waals surface area contributed by atoms with Gasteiger partial charge in [-0.3, -0.25) is 4.79 Å². The normalized spacial score (nSPS) is 13.1. The number of ether oxygens (including phenoxy) is 1. The molecule has 0 aliphatic carbocycles. The van der Waals surface area contributed by atoms with E-state index in [1.54, 1.807) is 18.3 Å². The lowest BCUT2D eigenvalue weighted by atomic mass is 9.94. The molecule has 0 radical (unpaired) electrons. The molecule has 1 rings (SSSR count). The van der Waals surface area contributed by atoms with E-state index in [1.807, 2.05) is 13.8 Å². The summed E-state index contributed by atoms with van der Waals surface area (Å²) >= 11 is 0. The maximum absolute atomic E-state index is 12.1. The number of oxime groups is 1. The molecule has 0 saturated carbocycles. The molecule has 110 valence electrons. The second-order valence-electron chi connectivity index (χ2n) is 4.67. The molecule has 1 atom stereocenters. The van der Waals surface area contributed by atoms with Gasteiger partial charge in [0.05, 0.1) is 7.11 Å². The number of nitrogens with zero attached hydrogens (tertiary/aromatic N) is 2. The number of hydrogen-bond donors (Lipinski definition) is 3. The molecule has 7 heteroatoms. The number of rotatable bonds is 6. The molecule has 1 aromatic rings. The molecule has 1 heterocycles. The standard InChI is InChI=1S/C13H20N4O3/c1-8(2)11(12(14)17-19)13(18)16-7-9-4-5-10(20-3)15-6-9/h4-6,8,11,19H,7H2,1-3H3,(H2,14,17)(H,16,18). The Hall–Kier alpha value is -2.31. The fourth-order valence-electron chi connectivity index (χ4n) is 1.78. The van der Waals surface area contributed by atoms with E-state index in [-0.39, 0.29) is 17.7 Å². The molecule has 4 N–H and O–H groups in total. The molecule has 0 saturated heterocycles. The van der Waals surface area contributed by atoms with Gasteiger partial charge in [0.25, 0.3) is 0 Å². The van der Waals surface area contributed by atoms with Gasteiger partial charge in [0.1, 0.15) is 5.92 Å². The Morgan fingerprint density at radius 1 is 1.55 bits per heavy atom. The number of methoxy groups -OCH3 is 1. The Labute approximate surface area is 117 Å². The van der Waals surface area contributed by atoms with Crippen molar-refractivity contribution in [3.8, 4) is 5.88 Å². The summed E-state index contributed by atoms with van der Waals surface area (Å²) in [6.45, 7) is 3.98. The minimum Gasteiger partial charge on any atom is -0.481 e. The Morgan fingerprint density at radius 3 is 2.70 bits per heavy atom. The van der Waals surface area contributed by atoms with E-state index in [4.69, 9.17) is 15.7 Å². The lowest BCUT2D eigenvalue weighted by Gasteiger charge is -2.18. The van der Waals surface area contributed by atoms with Crippen molar-refractivity contribution in [2.45, 2.75) is 20.4 Å². The first-order valence-corrected chi connectivity index (χ1v) is 6.23. The molecule has 0 bridgehead atoms. The minimum absolute atomic E-state index is 0.0695. The zero-order chi connectivity index (χ0) is 15.1. The molecule has 0 aliphatic rings. The van der Waals surface area contributed by atoms with E-state index in [0.29, 0.717) is 12.4 Å². The molecule has 20 heavy (non-hydrogen) atoms. The van der Waals surface area contributed by atoms with Crippen molar-refractivity contribution in [2.75, 3.05) is 7.11 Å². The second-order valence-corrected chi connectivity index (χ2v) is 4.67. The second kappa shape index (κ2) is 7.32. The van der Waals surface area contributed by atoms with Gasteiger partial charge in [0.2, 0.25) is 11.8 Å². The van der Waals surface area contributed by atoms with E-state index >= 15 is 0 Å². The van der Waals surface area contributed by atoms with Crippen molar-refractivity contribution in [1.29, 1.82) is 0 Å². The summed E-state index contributed by atoms with van der Waals surface area (Å²) in [5.41, 5.74) is 6.37. The van der Waals surface area contributed by atoms with Gasteiger partial charge in [0, 0.05) is 18.8 Å². The Kier molecular flexibility index (Phi) is 5.76. The van der Waals surface area contributed by atoms with Crippen LogP contribution in [0.2, 0.25) is 0 Å². The zero-order valence-electron chi connectivity index (χ0n) is 11.8. The Morgan fingerprint density at radius 2 is 2.25 bits per heavy atom. The average Bonchev–Trinajstić information content (AvgIpc) is 2.45. The Bertz CT molecular complexity index is 471. The fraction of sp³-hybridized carbons (Fsp3) is 0.462. The molecule has 7 nitrogen and oxygen atoms in total. The highest BCUT2D eigenvalue weighted by Gasteiger charge is 2.26. The molecule has 0 spiro atoms. The van der Waals surface area contributed by atoms with Crippen LogP contribution in [0.25, 0.3) is 0 Å². The van der Waals surface area contributed by atoms with Crippen molar-refractivity contribution in [1.82, 2.24) is 10.3 Å². The number of carbonyl (C=O) groups is 1. The highest BCUT2D eigenvalue weighted by Crippen LogP contribution is 2.12. The molecule has 0 aromatic carbocycles. The largest absolute Gasteiger partial charge is 0.481 e.